The van der Waals surface area contributed by atoms with Crippen molar-refractivity contribution in [2.45, 2.75) is 36.0 Å². The maximum absolute atomic E-state index is 12.6. The van der Waals surface area contributed by atoms with Crippen molar-refractivity contribution in [2.75, 3.05) is 11.6 Å². The normalized spacial score (nSPS) is 11.7. The zero-order chi connectivity index (χ0) is 19.6. The summed E-state index contributed by atoms with van der Waals surface area (Å²) in [6, 6.07) is 17.0. The van der Waals surface area contributed by atoms with Crippen LogP contribution < -0.4 is 10.6 Å². The summed E-state index contributed by atoms with van der Waals surface area (Å²) in [5.41, 5.74) is 1.58. The van der Waals surface area contributed by atoms with E-state index in [0.717, 1.165) is 10.5 Å². The molecule has 1 atom stereocenters. The first kappa shape index (κ1) is 21.2. The van der Waals surface area contributed by atoms with Gasteiger partial charge in [0.1, 0.15) is 6.61 Å². The smallest absolute Gasteiger partial charge is 0.408 e. The van der Waals surface area contributed by atoms with E-state index < -0.39 is 11.5 Å². The number of carbonyl (C=O) groups is 2. The van der Waals surface area contributed by atoms with E-state index in [2.05, 4.69) is 10.6 Å². The van der Waals surface area contributed by atoms with Crippen LogP contribution in [0.3, 0.4) is 0 Å². The average Bonchev–Trinajstić information content (AvgIpc) is 2.66. The summed E-state index contributed by atoms with van der Waals surface area (Å²) >= 11 is 2.96. The molecule has 0 fully saturated rings. The van der Waals surface area contributed by atoms with Crippen molar-refractivity contribution in [3.05, 3.63) is 60.2 Å². The second-order valence-corrected chi connectivity index (χ2v) is 8.56. The van der Waals surface area contributed by atoms with E-state index in [4.69, 9.17) is 4.74 Å². The second-order valence-electron chi connectivity index (χ2n) is 5.99. The Morgan fingerprint density at radius 3 is 2.48 bits per heavy atom. The highest BCUT2D eigenvalue weighted by Crippen LogP contribution is 2.21. The molecule has 2 N–H and O–H groups in total. The second kappa shape index (κ2) is 10.9. The molecule has 5 nitrogen and oxygen atoms in total. The number of hydrogen-bond donors (Lipinski definition) is 2. The Hall–Kier alpha value is -2.12. The summed E-state index contributed by atoms with van der Waals surface area (Å²) in [5.74, 6) is -0.288. The van der Waals surface area contributed by atoms with Gasteiger partial charge in [0.15, 0.2) is 5.37 Å². The van der Waals surface area contributed by atoms with Crippen LogP contribution in [0.15, 0.2) is 59.5 Å². The van der Waals surface area contributed by atoms with Crippen molar-refractivity contribution in [1.82, 2.24) is 5.32 Å². The standard InChI is InChI=1S/C20H24N2O3S2/c1-14(2)27-19(18(23)21-16-10-7-11-17(12-16)26-3)22-20(24)25-13-15-8-5-4-6-9-15/h4-12,14,19H,13H2,1-3H3,(H,21,23)(H,22,24). The van der Waals surface area contributed by atoms with Crippen molar-refractivity contribution >= 4 is 41.2 Å². The quantitative estimate of drug-likeness (QED) is 0.491. The van der Waals surface area contributed by atoms with Gasteiger partial charge in [0.25, 0.3) is 5.91 Å². The summed E-state index contributed by atoms with van der Waals surface area (Å²) in [4.78, 5) is 25.8. The Balaban J connectivity index is 1.96. The van der Waals surface area contributed by atoms with E-state index in [-0.39, 0.29) is 17.8 Å². The van der Waals surface area contributed by atoms with Gasteiger partial charge in [-0.15, -0.1) is 23.5 Å². The van der Waals surface area contributed by atoms with Gasteiger partial charge in [-0.05, 0) is 30.0 Å². The predicted octanol–water partition coefficient (Wildman–Crippen LogP) is 4.74. The van der Waals surface area contributed by atoms with Crippen LogP contribution >= 0.6 is 23.5 Å². The Labute approximate surface area is 168 Å². The van der Waals surface area contributed by atoms with Crippen LogP contribution in [-0.4, -0.2) is 28.9 Å². The Morgan fingerprint density at radius 1 is 1.07 bits per heavy atom. The molecule has 2 aromatic carbocycles. The Kier molecular flexibility index (Phi) is 8.54. The molecular formula is C20H24N2O3S2. The summed E-state index contributed by atoms with van der Waals surface area (Å²) in [5, 5.41) is 4.93. The molecule has 2 amide bonds. The molecule has 0 saturated carbocycles. The molecule has 0 aliphatic heterocycles. The number of nitrogens with one attached hydrogen (secondary N) is 2. The largest absolute Gasteiger partial charge is 0.445 e. The van der Waals surface area contributed by atoms with E-state index >= 15 is 0 Å². The third-order valence-corrected chi connectivity index (χ3v) is 5.32. The van der Waals surface area contributed by atoms with Gasteiger partial charge in [0.2, 0.25) is 0 Å². The average molecular weight is 405 g/mol. The van der Waals surface area contributed by atoms with E-state index in [9.17, 15) is 9.59 Å². The van der Waals surface area contributed by atoms with Crippen LogP contribution in [0.4, 0.5) is 10.5 Å². The number of thioether (sulfide) groups is 2. The molecule has 7 heteroatoms. The lowest BCUT2D eigenvalue weighted by Gasteiger charge is -2.20. The monoisotopic (exact) mass is 404 g/mol. The molecule has 144 valence electrons. The molecule has 0 aromatic heterocycles. The Morgan fingerprint density at radius 2 is 1.81 bits per heavy atom. The SMILES string of the molecule is CSc1cccc(NC(=O)C(NC(=O)OCc2ccccc2)SC(C)C)c1. The van der Waals surface area contributed by atoms with Crippen LogP contribution in [0.1, 0.15) is 19.4 Å². The van der Waals surface area contributed by atoms with Gasteiger partial charge >= 0.3 is 6.09 Å². The molecule has 2 aromatic rings. The van der Waals surface area contributed by atoms with Crippen LogP contribution in [0.25, 0.3) is 0 Å². The molecule has 0 saturated heterocycles. The van der Waals surface area contributed by atoms with Crippen LogP contribution in [-0.2, 0) is 16.1 Å². The number of rotatable bonds is 8. The highest BCUT2D eigenvalue weighted by Gasteiger charge is 2.23. The van der Waals surface area contributed by atoms with Gasteiger partial charge in [-0.1, -0.05) is 50.2 Å². The highest BCUT2D eigenvalue weighted by molar-refractivity contribution is 8.01. The number of amides is 2. The van der Waals surface area contributed by atoms with Gasteiger partial charge in [-0.25, -0.2) is 4.79 Å². The third-order valence-electron chi connectivity index (χ3n) is 3.45. The number of ether oxygens (including phenoxy) is 1. The summed E-state index contributed by atoms with van der Waals surface area (Å²) < 4.78 is 5.23. The molecule has 0 spiro atoms. The minimum Gasteiger partial charge on any atom is -0.445 e. The minimum absolute atomic E-state index is 0.156. The molecule has 0 aliphatic carbocycles. The summed E-state index contributed by atoms with van der Waals surface area (Å²) in [7, 11) is 0. The molecule has 27 heavy (non-hydrogen) atoms. The summed E-state index contributed by atoms with van der Waals surface area (Å²) in [6.45, 7) is 4.09. The van der Waals surface area contributed by atoms with E-state index in [1.807, 2.05) is 74.7 Å². The molecule has 0 heterocycles. The fourth-order valence-corrected chi connectivity index (χ4v) is 3.56. The number of anilines is 1. The zero-order valence-corrected chi connectivity index (χ0v) is 17.2. The van der Waals surface area contributed by atoms with Crippen LogP contribution in [0, 0.1) is 0 Å². The van der Waals surface area contributed by atoms with Crippen LogP contribution in [0.5, 0.6) is 0 Å². The summed E-state index contributed by atoms with van der Waals surface area (Å²) in [6.07, 6.45) is 1.35. The maximum atomic E-state index is 12.6. The molecule has 0 radical (unpaired) electrons. The first-order chi connectivity index (χ1) is 13.0. The van der Waals surface area contributed by atoms with Gasteiger partial charge in [0.05, 0.1) is 0 Å². The highest BCUT2D eigenvalue weighted by atomic mass is 32.2. The number of alkyl carbamates (subject to hydrolysis) is 1. The molecule has 1 unspecified atom stereocenters. The van der Waals surface area contributed by atoms with Gasteiger partial charge in [0, 0.05) is 15.8 Å². The van der Waals surface area contributed by atoms with Crippen molar-refractivity contribution in [3.8, 4) is 0 Å². The van der Waals surface area contributed by atoms with Crippen molar-refractivity contribution < 1.29 is 14.3 Å². The maximum Gasteiger partial charge on any atom is 0.408 e. The third kappa shape index (κ3) is 7.56. The molecule has 0 bridgehead atoms. The number of carbonyl (C=O) groups excluding carboxylic acids is 2. The van der Waals surface area contributed by atoms with Crippen molar-refractivity contribution in [3.63, 3.8) is 0 Å². The molecule has 0 aliphatic rings. The predicted molar refractivity (Wildman–Crippen MR) is 113 cm³/mol. The lowest BCUT2D eigenvalue weighted by Crippen LogP contribution is -2.42. The number of benzene rings is 2. The molecule has 2 rings (SSSR count). The minimum atomic E-state index is -0.744. The lowest BCUT2D eigenvalue weighted by molar-refractivity contribution is -0.116. The fraction of sp³-hybridized carbons (Fsp3) is 0.300. The fourth-order valence-electron chi connectivity index (χ4n) is 2.21. The topological polar surface area (TPSA) is 67.4 Å². The van der Waals surface area contributed by atoms with E-state index in [1.54, 1.807) is 11.8 Å². The number of hydrogen-bond acceptors (Lipinski definition) is 5. The van der Waals surface area contributed by atoms with Gasteiger partial charge in [-0.2, -0.15) is 0 Å². The van der Waals surface area contributed by atoms with Gasteiger partial charge < -0.3 is 15.4 Å². The first-order valence-electron chi connectivity index (χ1n) is 8.55. The van der Waals surface area contributed by atoms with E-state index in [0.29, 0.717) is 5.69 Å². The first-order valence-corrected chi connectivity index (χ1v) is 10.7. The van der Waals surface area contributed by atoms with Crippen LogP contribution in [0.2, 0.25) is 0 Å². The van der Waals surface area contributed by atoms with E-state index in [1.165, 1.54) is 11.8 Å². The van der Waals surface area contributed by atoms with Gasteiger partial charge in [-0.3, -0.25) is 4.79 Å². The van der Waals surface area contributed by atoms with Crippen molar-refractivity contribution in [1.29, 1.82) is 0 Å². The lowest BCUT2D eigenvalue weighted by atomic mass is 10.2. The zero-order valence-electron chi connectivity index (χ0n) is 15.6. The van der Waals surface area contributed by atoms with Crippen molar-refractivity contribution in [2.24, 2.45) is 0 Å². The molecular weight excluding hydrogens is 380 g/mol. The Bertz CT molecular complexity index is 754.